The van der Waals surface area contributed by atoms with Crippen molar-refractivity contribution in [1.29, 1.82) is 0 Å². The van der Waals surface area contributed by atoms with Crippen LogP contribution < -0.4 is 4.90 Å². The number of hydrogen-bond donors (Lipinski definition) is 0. The zero-order valence-electron chi connectivity index (χ0n) is 8.67. The molecule has 2 aromatic rings. The molecule has 0 saturated carbocycles. The van der Waals surface area contributed by atoms with Crippen molar-refractivity contribution in [2.75, 3.05) is 18.5 Å². The van der Waals surface area contributed by atoms with Gasteiger partial charge in [-0.1, -0.05) is 0 Å². The van der Waals surface area contributed by atoms with Crippen molar-refractivity contribution in [3.8, 4) is 0 Å². The zero-order valence-corrected chi connectivity index (χ0v) is 10.3. The Morgan fingerprint density at radius 1 is 1.47 bits per heavy atom. The molecule has 0 spiro atoms. The zero-order chi connectivity index (χ0) is 10.7. The number of aromatic nitrogens is 3. The van der Waals surface area contributed by atoms with E-state index in [1.165, 1.54) is 16.5 Å². The Bertz CT molecular complexity index is 409. The molecule has 0 amide bonds. The van der Waals surface area contributed by atoms with Gasteiger partial charge in [0.15, 0.2) is 0 Å². The molecule has 4 nitrogen and oxygen atoms in total. The van der Waals surface area contributed by atoms with E-state index >= 15 is 0 Å². The lowest BCUT2D eigenvalue weighted by atomic mass is 10.4. The highest BCUT2D eigenvalue weighted by atomic mass is 32.1. The summed E-state index contributed by atoms with van der Waals surface area (Å²) in [4.78, 5) is 10.7. The highest BCUT2D eigenvalue weighted by Crippen LogP contribution is 2.15. The van der Waals surface area contributed by atoms with E-state index in [4.69, 9.17) is 0 Å². The molecule has 0 fully saturated rings. The lowest BCUT2D eigenvalue weighted by Crippen LogP contribution is -2.19. The minimum atomic E-state index is 0.844. The third kappa shape index (κ3) is 2.73. The smallest absolute Gasteiger partial charge is 0.204 e. The van der Waals surface area contributed by atoms with E-state index in [0.29, 0.717) is 0 Å². The number of hydrogen-bond acceptors (Lipinski definition) is 6. The fraction of sp³-hybridized carbons (Fsp3) is 0.444. The van der Waals surface area contributed by atoms with Crippen molar-refractivity contribution < 1.29 is 0 Å². The third-order valence-electron chi connectivity index (χ3n) is 1.99. The molecule has 6 heteroatoms. The fourth-order valence-electron chi connectivity index (χ4n) is 1.18. The molecule has 15 heavy (non-hydrogen) atoms. The van der Waals surface area contributed by atoms with E-state index in [0.717, 1.165) is 23.9 Å². The first kappa shape index (κ1) is 10.5. The molecule has 0 radical (unpaired) electrons. The highest BCUT2D eigenvalue weighted by Gasteiger charge is 2.06. The maximum absolute atomic E-state index is 4.33. The van der Waals surface area contributed by atoms with Crippen LogP contribution in [0.25, 0.3) is 0 Å². The molecule has 0 unspecified atom stereocenters. The second-order valence-electron chi connectivity index (χ2n) is 3.22. The van der Waals surface area contributed by atoms with Gasteiger partial charge in [0.25, 0.3) is 0 Å². The molecule has 2 rings (SSSR count). The maximum Gasteiger partial charge on any atom is 0.204 e. The molecule has 0 aliphatic carbocycles. The van der Waals surface area contributed by atoms with Crippen LogP contribution in [-0.4, -0.2) is 27.9 Å². The third-order valence-corrected chi connectivity index (χ3v) is 3.75. The average molecular weight is 240 g/mol. The first-order valence-corrected chi connectivity index (χ1v) is 6.31. The molecular formula is C9H12N4S2. The quantitative estimate of drug-likeness (QED) is 0.819. The maximum atomic E-state index is 4.33. The molecular weight excluding hydrogens is 228 g/mol. The number of anilines is 1. The summed E-state index contributed by atoms with van der Waals surface area (Å²) in [5.74, 6) is 0.844. The number of thiazole rings is 1. The van der Waals surface area contributed by atoms with Gasteiger partial charge in [-0.25, -0.2) is 9.97 Å². The van der Waals surface area contributed by atoms with Gasteiger partial charge < -0.3 is 4.90 Å². The van der Waals surface area contributed by atoms with Gasteiger partial charge in [0.1, 0.15) is 5.82 Å². The van der Waals surface area contributed by atoms with Gasteiger partial charge in [0.05, 0.1) is 5.01 Å². The van der Waals surface area contributed by atoms with Crippen molar-refractivity contribution in [1.82, 2.24) is 14.3 Å². The summed E-state index contributed by atoms with van der Waals surface area (Å²) in [6.07, 6.45) is 2.81. The van der Waals surface area contributed by atoms with Crippen LogP contribution in [0.4, 0.5) is 5.13 Å². The first-order chi connectivity index (χ1) is 7.25. The highest BCUT2D eigenvalue weighted by molar-refractivity contribution is 7.10. The van der Waals surface area contributed by atoms with E-state index in [-0.39, 0.29) is 0 Å². The fourth-order valence-corrected chi connectivity index (χ4v) is 2.44. The van der Waals surface area contributed by atoms with E-state index < -0.39 is 0 Å². The van der Waals surface area contributed by atoms with E-state index in [1.807, 2.05) is 25.5 Å². The topological polar surface area (TPSA) is 41.9 Å². The Morgan fingerprint density at radius 2 is 2.33 bits per heavy atom. The van der Waals surface area contributed by atoms with Gasteiger partial charge in [-0.3, -0.25) is 0 Å². The van der Waals surface area contributed by atoms with E-state index in [9.17, 15) is 0 Å². The normalized spacial score (nSPS) is 10.5. The first-order valence-electron chi connectivity index (χ1n) is 4.65. The second kappa shape index (κ2) is 4.67. The molecule has 0 aromatic carbocycles. The van der Waals surface area contributed by atoms with Crippen molar-refractivity contribution >= 4 is 28.0 Å². The summed E-state index contributed by atoms with van der Waals surface area (Å²) in [5.41, 5.74) is 0. The largest absolute Gasteiger partial charge is 0.349 e. The number of likely N-dealkylation sites (N-methyl/N-ethyl adjacent to an activating group) is 1. The average Bonchev–Trinajstić information content (AvgIpc) is 2.84. The van der Waals surface area contributed by atoms with Crippen LogP contribution in [0.5, 0.6) is 0 Å². The van der Waals surface area contributed by atoms with Crippen LogP contribution in [0.1, 0.15) is 10.8 Å². The predicted octanol–water partition coefficient (Wildman–Crippen LogP) is 1.98. The van der Waals surface area contributed by atoms with Gasteiger partial charge in [0, 0.05) is 43.1 Å². The Hall–Kier alpha value is -1.01. The molecule has 0 bridgehead atoms. The summed E-state index contributed by atoms with van der Waals surface area (Å²) in [5, 5.41) is 4.15. The minimum Gasteiger partial charge on any atom is -0.349 e. The molecule has 80 valence electrons. The van der Waals surface area contributed by atoms with Gasteiger partial charge in [-0.05, 0) is 6.92 Å². The van der Waals surface area contributed by atoms with E-state index in [2.05, 4.69) is 19.2 Å². The number of aryl methyl sites for hydroxylation is 1. The Kier molecular flexibility index (Phi) is 3.27. The van der Waals surface area contributed by atoms with Gasteiger partial charge >= 0.3 is 0 Å². The number of rotatable bonds is 4. The van der Waals surface area contributed by atoms with Crippen LogP contribution in [0.2, 0.25) is 0 Å². The SMILES string of the molecule is Cc1nsc(N(C)CCc2nccs2)n1. The van der Waals surface area contributed by atoms with Crippen LogP contribution >= 0.6 is 22.9 Å². The summed E-state index contributed by atoms with van der Waals surface area (Å²) >= 11 is 3.14. The van der Waals surface area contributed by atoms with Crippen LogP contribution in [0.15, 0.2) is 11.6 Å². The predicted molar refractivity (Wildman–Crippen MR) is 63.7 cm³/mol. The summed E-state index contributed by atoms with van der Waals surface area (Å²) in [6, 6.07) is 0. The Labute approximate surface area is 96.8 Å². The molecule has 0 aliphatic heterocycles. The molecule has 2 heterocycles. The lowest BCUT2D eigenvalue weighted by molar-refractivity contribution is 0.862. The monoisotopic (exact) mass is 240 g/mol. The van der Waals surface area contributed by atoms with Gasteiger partial charge in [0.2, 0.25) is 5.13 Å². The molecule has 0 atom stereocenters. The van der Waals surface area contributed by atoms with Crippen molar-refractivity contribution in [3.63, 3.8) is 0 Å². The van der Waals surface area contributed by atoms with Crippen molar-refractivity contribution in [2.24, 2.45) is 0 Å². The second-order valence-corrected chi connectivity index (χ2v) is 4.93. The molecule has 0 N–H and O–H groups in total. The Balaban J connectivity index is 1.90. The van der Waals surface area contributed by atoms with E-state index in [1.54, 1.807) is 11.3 Å². The molecule has 2 aromatic heterocycles. The van der Waals surface area contributed by atoms with Crippen LogP contribution in [0, 0.1) is 6.92 Å². The Morgan fingerprint density at radius 3 is 2.93 bits per heavy atom. The standard InChI is InChI=1S/C9H12N4S2/c1-7-11-9(15-12-7)13(2)5-3-8-10-4-6-14-8/h4,6H,3,5H2,1-2H3. The van der Waals surface area contributed by atoms with Crippen molar-refractivity contribution in [2.45, 2.75) is 13.3 Å². The summed E-state index contributed by atoms with van der Waals surface area (Å²) in [7, 11) is 2.04. The van der Waals surface area contributed by atoms with Crippen molar-refractivity contribution in [3.05, 3.63) is 22.4 Å². The van der Waals surface area contributed by atoms with Gasteiger partial charge in [-0.2, -0.15) is 4.37 Å². The van der Waals surface area contributed by atoms with Crippen LogP contribution in [0.3, 0.4) is 0 Å². The molecule has 0 aliphatic rings. The molecule has 0 saturated heterocycles. The summed E-state index contributed by atoms with van der Waals surface area (Å²) in [6.45, 7) is 2.84. The lowest BCUT2D eigenvalue weighted by Gasteiger charge is -2.13. The number of nitrogens with zero attached hydrogens (tertiary/aromatic N) is 4. The van der Waals surface area contributed by atoms with Gasteiger partial charge in [-0.15, -0.1) is 11.3 Å². The van der Waals surface area contributed by atoms with Crippen LogP contribution in [-0.2, 0) is 6.42 Å². The minimum absolute atomic E-state index is 0.844. The summed E-state index contributed by atoms with van der Waals surface area (Å²) < 4.78 is 4.16.